The van der Waals surface area contributed by atoms with Gasteiger partial charge in [0.1, 0.15) is 30.5 Å². The third kappa shape index (κ3) is 2.56. The van der Waals surface area contributed by atoms with Gasteiger partial charge < -0.3 is 34.5 Å². The molecule has 3 aliphatic heterocycles. The number of fused-ring (bicyclic) bond motifs is 3. The van der Waals surface area contributed by atoms with Crippen molar-refractivity contribution >= 4 is 5.97 Å². The lowest BCUT2D eigenvalue weighted by molar-refractivity contribution is -0.238. The van der Waals surface area contributed by atoms with Gasteiger partial charge in [-0.1, -0.05) is 0 Å². The van der Waals surface area contributed by atoms with Crippen molar-refractivity contribution in [3.63, 3.8) is 0 Å². The van der Waals surface area contributed by atoms with Gasteiger partial charge in [-0.3, -0.25) is 4.79 Å². The van der Waals surface area contributed by atoms with E-state index in [1.807, 2.05) is 0 Å². The molecule has 0 aromatic heterocycles. The van der Waals surface area contributed by atoms with Gasteiger partial charge in [0.15, 0.2) is 17.9 Å². The van der Waals surface area contributed by atoms with Crippen LogP contribution in [0.2, 0.25) is 0 Å². The van der Waals surface area contributed by atoms with E-state index in [9.17, 15) is 4.79 Å². The summed E-state index contributed by atoms with van der Waals surface area (Å²) in [7, 11) is 0. The number of hydrogen-bond acceptors (Lipinski definition) is 7. The molecule has 8 heteroatoms. The fourth-order valence-corrected chi connectivity index (χ4v) is 3.07. The van der Waals surface area contributed by atoms with Gasteiger partial charge in [-0.2, -0.15) is 0 Å². The number of carboxylic acids is 1. The third-order valence-electron chi connectivity index (χ3n) is 3.83. The molecule has 0 saturated carbocycles. The Bertz CT molecular complexity index is 452. The summed E-state index contributed by atoms with van der Waals surface area (Å²) in [5.74, 6) is -2.86. The molecule has 6 atom stereocenters. The monoisotopic (exact) mass is 303 g/mol. The van der Waals surface area contributed by atoms with Gasteiger partial charge in [-0.05, 0) is 27.7 Å². The van der Waals surface area contributed by atoms with E-state index >= 15 is 0 Å². The van der Waals surface area contributed by atoms with Gasteiger partial charge in [-0.25, -0.2) is 0 Å². The van der Waals surface area contributed by atoms with Crippen LogP contribution < -0.4 is 5.73 Å². The molecule has 8 nitrogen and oxygen atoms in total. The highest BCUT2D eigenvalue weighted by molar-refractivity contribution is 5.74. The molecule has 3 N–H and O–H groups in total. The minimum atomic E-state index is -1.23. The average Bonchev–Trinajstić information content (AvgIpc) is 2.81. The molecule has 3 fully saturated rings. The van der Waals surface area contributed by atoms with E-state index in [4.69, 9.17) is 34.5 Å². The molecule has 3 rings (SSSR count). The number of hydrogen-bond donors (Lipinski definition) is 2. The minimum absolute atomic E-state index is 0.482. The molecule has 0 radical (unpaired) electrons. The normalized spacial score (nSPS) is 44.9. The summed E-state index contributed by atoms with van der Waals surface area (Å²) in [4.78, 5) is 11.2. The van der Waals surface area contributed by atoms with E-state index in [1.54, 1.807) is 27.7 Å². The minimum Gasteiger partial charge on any atom is -0.480 e. The van der Waals surface area contributed by atoms with Crippen molar-refractivity contribution in [2.24, 2.45) is 5.73 Å². The first kappa shape index (κ1) is 15.1. The molecule has 0 aromatic rings. The molecule has 3 saturated heterocycles. The summed E-state index contributed by atoms with van der Waals surface area (Å²) in [5.41, 5.74) is 5.73. The van der Waals surface area contributed by atoms with Gasteiger partial charge in [0.2, 0.25) is 0 Å². The van der Waals surface area contributed by atoms with Gasteiger partial charge in [0.25, 0.3) is 0 Å². The van der Waals surface area contributed by atoms with E-state index in [2.05, 4.69) is 0 Å². The number of ether oxygens (including phenoxy) is 5. The summed E-state index contributed by atoms with van der Waals surface area (Å²) >= 11 is 0. The third-order valence-corrected chi connectivity index (χ3v) is 3.83. The lowest BCUT2D eigenvalue weighted by Crippen LogP contribution is -2.61. The average molecular weight is 303 g/mol. The van der Waals surface area contributed by atoms with Crippen molar-refractivity contribution in [3.8, 4) is 0 Å². The Balaban J connectivity index is 1.90. The smallest absolute Gasteiger partial charge is 0.323 e. The SMILES string of the molecule is CC1(C)O[C@H]2[C@@H](O1)[C@@H](C(N)C(=O)O)O[C@@H]1OC(C)(C)O[C@@H]12. The second kappa shape index (κ2) is 4.61. The molecule has 0 amide bonds. The van der Waals surface area contributed by atoms with E-state index < -0.39 is 54.3 Å². The van der Waals surface area contributed by atoms with Crippen molar-refractivity contribution in [1.29, 1.82) is 0 Å². The summed E-state index contributed by atoms with van der Waals surface area (Å²) in [6.07, 6.45) is -3.19. The Morgan fingerprint density at radius 2 is 1.52 bits per heavy atom. The molecule has 3 aliphatic rings. The number of aliphatic carboxylic acids is 1. The van der Waals surface area contributed by atoms with Crippen LogP contribution in [0.1, 0.15) is 27.7 Å². The van der Waals surface area contributed by atoms with Gasteiger partial charge >= 0.3 is 5.97 Å². The molecule has 0 aliphatic carbocycles. The largest absolute Gasteiger partial charge is 0.480 e. The first-order chi connectivity index (χ1) is 9.60. The molecule has 0 aromatic carbocycles. The van der Waals surface area contributed by atoms with E-state index in [0.717, 1.165) is 0 Å². The van der Waals surface area contributed by atoms with Gasteiger partial charge in [0, 0.05) is 0 Å². The van der Waals surface area contributed by atoms with Crippen molar-refractivity contribution in [2.45, 2.75) is 76.0 Å². The lowest BCUT2D eigenvalue weighted by atomic mass is 9.94. The predicted molar refractivity (Wildman–Crippen MR) is 68.1 cm³/mol. The van der Waals surface area contributed by atoms with Gasteiger partial charge in [-0.15, -0.1) is 0 Å². The maximum atomic E-state index is 11.2. The Morgan fingerprint density at radius 3 is 2.14 bits per heavy atom. The van der Waals surface area contributed by atoms with Gasteiger partial charge in [0.05, 0.1) is 0 Å². The molecule has 3 heterocycles. The standard InChI is InChI=1S/C13H21NO7/c1-12(2)18-7-6(5(14)10(15)16)17-11-9(8(7)19-12)20-13(3,4)21-11/h5-9,11H,14H2,1-4H3,(H,15,16)/t5?,6-,7+,8+,9-,11-/m1/s1. The number of carbonyl (C=O) groups is 1. The second-order valence-corrected chi connectivity index (χ2v) is 6.50. The van der Waals surface area contributed by atoms with Crippen molar-refractivity contribution in [1.82, 2.24) is 0 Å². The highest BCUT2D eigenvalue weighted by Gasteiger charge is 2.62. The van der Waals surface area contributed by atoms with Crippen LogP contribution in [-0.4, -0.2) is 59.4 Å². The number of rotatable bonds is 2. The highest BCUT2D eigenvalue weighted by atomic mass is 16.9. The Hall–Kier alpha value is -0.770. The fourth-order valence-electron chi connectivity index (χ4n) is 3.07. The topological polar surface area (TPSA) is 109 Å². The number of nitrogens with two attached hydrogens (primary N) is 1. The summed E-state index contributed by atoms with van der Waals surface area (Å²) < 4.78 is 28.8. The molecule has 21 heavy (non-hydrogen) atoms. The van der Waals surface area contributed by atoms with Crippen LogP contribution in [0.15, 0.2) is 0 Å². The lowest BCUT2D eigenvalue weighted by Gasteiger charge is -2.38. The van der Waals surface area contributed by atoms with Crippen molar-refractivity contribution in [2.75, 3.05) is 0 Å². The molecule has 0 bridgehead atoms. The van der Waals surface area contributed by atoms with E-state index in [0.29, 0.717) is 0 Å². The van der Waals surface area contributed by atoms with E-state index in [-0.39, 0.29) is 0 Å². The van der Waals surface area contributed by atoms with Crippen LogP contribution in [0.4, 0.5) is 0 Å². The van der Waals surface area contributed by atoms with Crippen LogP contribution >= 0.6 is 0 Å². The molecular formula is C13H21NO7. The fraction of sp³-hybridized carbons (Fsp3) is 0.923. The summed E-state index contributed by atoms with van der Waals surface area (Å²) in [6, 6.07) is -1.23. The quantitative estimate of drug-likeness (QED) is 0.721. The number of carboxylic acid groups (broad SMARTS) is 1. The highest BCUT2D eigenvalue weighted by Crippen LogP contribution is 2.44. The zero-order valence-corrected chi connectivity index (χ0v) is 12.4. The summed E-state index contributed by atoms with van der Waals surface area (Å²) in [6.45, 7) is 7.03. The summed E-state index contributed by atoms with van der Waals surface area (Å²) in [5, 5.41) is 9.15. The van der Waals surface area contributed by atoms with Crippen LogP contribution in [-0.2, 0) is 28.5 Å². The molecule has 0 spiro atoms. The molecular weight excluding hydrogens is 282 g/mol. The Morgan fingerprint density at radius 1 is 1.00 bits per heavy atom. The van der Waals surface area contributed by atoms with Crippen LogP contribution in [0.25, 0.3) is 0 Å². The van der Waals surface area contributed by atoms with Crippen LogP contribution in [0.5, 0.6) is 0 Å². The Labute approximate surface area is 122 Å². The van der Waals surface area contributed by atoms with Crippen molar-refractivity contribution in [3.05, 3.63) is 0 Å². The maximum absolute atomic E-state index is 11.2. The van der Waals surface area contributed by atoms with Crippen molar-refractivity contribution < 1.29 is 33.6 Å². The predicted octanol–water partition coefficient (Wildman–Crippen LogP) is -0.205. The second-order valence-electron chi connectivity index (χ2n) is 6.50. The first-order valence-electron chi connectivity index (χ1n) is 6.95. The zero-order valence-electron chi connectivity index (χ0n) is 12.4. The van der Waals surface area contributed by atoms with E-state index in [1.165, 1.54) is 0 Å². The molecule has 1 unspecified atom stereocenters. The van der Waals surface area contributed by atoms with Crippen LogP contribution in [0.3, 0.4) is 0 Å². The van der Waals surface area contributed by atoms with Crippen LogP contribution in [0, 0.1) is 0 Å². The maximum Gasteiger partial charge on any atom is 0.323 e. The Kier molecular flexibility index (Phi) is 3.32. The zero-order chi connectivity index (χ0) is 15.6. The molecule has 120 valence electrons. The first-order valence-corrected chi connectivity index (χ1v) is 6.95.